The molecule has 9 nitrogen and oxygen atoms in total. The summed E-state index contributed by atoms with van der Waals surface area (Å²) >= 11 is 0. The van der Waals surface area contributed by atoms with Crippen molar-refractivity contribution in [2.75, 3.05) is 47.5 Å². The van der Waals surface area contributed by atoms with Crippen molar-refractivity contribution in [2.24, 2.45) is 0 Å². The van der Waals surface area contributed by atoms with Crippen molar-refractivity contribution >= 4 is 17.9 Å². The summed E-state index contributed by atoms with van der Waals surface area (Å²) in [6.45, 7) is 4.96. The molecule has 0 rings (SSSR count). The lowest BCUT2D eigenvalue weighted by molar-refractivity contribution is -0.870. The molecule has 89 heavy (non-hydrogen) atoms. The molecule has 0 bridgehead atoms. The molecule has 0 saturated carbocycles. The van der Waals surface area contributed by atoms with Gasteiger partial charge in [-0.25, -0.2) is 4.79 Å². The topological polar surface area (TPSA) is 108 Å². The van der Waals surface area contributed by atoms with Gasteiger partial charge in [-0.05, 0) is 44.9 Å². The molecule has 0 aromatic carbocycles. The third-order valence-corrected chi connectivity index (χ3v) is 18.2. The quantitative estimate of drug-likeness (QED) is 0.0211. The first-order valence-electron chi connectivity index (χ1n) is 39.5. The van der Waals surface area contributed by atoms with Crippen LogP contribution >= 0.6 is 0 Å². The molecule has 0 aromatic heterocycles. The second kappa shape index (κ2) is 71.6. The van der Waals surface area contributed by atoms with Crippen molar-refractivity contribution in [2.45, 2.75) is 424 Å². The molecule has 2 unspecified atom stereocenters. The van der Waals surface area contributed by atoms with Gasteiger partial charge >= 0.3 is 17.9 Å². The normalized spacial score (nSPS) is 12.7. The Balaban J connectivity index is 3.98. The van der Waals surface area contributed by atoms with E-state index < -0.39 is 18.4 Å². The van der Waals surface area contributed by atoms with Gasteiger partial charge in [-0.3, -0.25) is 9.59 Å². The number of quaternary nitrogens is 1. The molecule has 0 fully saturated rings. The zero-order valence-corrected chi connectivity index (χ0v) is 60.4. The summed E-state index contributed by atoms with van der Waals surface area (Å²) < 4.78 is 23.1. The fourth-order valence-electron chi connectivity index (χ4n) is 12.2. The zero-order chi connectivity index (χ0) is 64.7. The molecule has 0 saturated heterocycles. The maximum absolute atomic E-state index is 13.0. The molecule has 0 aliphatic rings. The van der Waals surface area contributed by atoms with Gasteiger partial charge in [-0.2, -0.15) is 0 Å². The average molecular weight is 1260 g/mol. The van der Waals surface area contributed by atoms with Crippen molar-refractivity contribution in [3.63, 3.8) is 0 Å². The van der Waals surface area contributed by atoms with Gasteiger partial charge in [0.1, 0.15) is 13.2 Å². The highest BCUT2D eigenvalue weighted by Gasteiger charge is 2.25. The van der Waals surface area contributed by atoms with Gasteiger partial charge in [-0.15, -0.1) is 0 Å². The number of carboxylic acids is 1. The number of nitrogens with zero attached hydrogens (tertiary/aromatic N) is 1. The second-order valence-electron chi connectivity index (χ2n) is 28.4. The number of carbonyl (C=O) groups is 3. The summed E-state index contributed by atoms with van der Waals surface area (Å²) in [6, 6.07) is 0. The SMILES string of the molecule is CCCCCCC/C=C\C/C=C\CCCCCCCCCCCCCCCCCCCCCCCC(=O)OC(COC(=O)CCCCCCCCCCCCCCCCCCCCCCCCCCCCCCCCC)COC(OCC[N+](C)(C)C)C(=O)O. The van der Waals surface area contributed by atoms with E-state index in [1.807, 2.05) is 21.1 Å². The maximum atomic E-state index is 13.0. The van der Waals surface area contributed by atoms with Crippen molar-refractivity contribution in [3.8, 4) is 0 Å². The van der Waals surface area contributed by atoms with Gasteiger partial charge in [-0.1, -0.05) is 378 Å². The molecule has 0 radical (unpaired) electrons. The Labute approximate surface area is 554 Å². The maximum Gasteiger partial charge on any atom is 0.361 e. The van der Waals surface area contributed by atoms with Gasteiger partial charge in [0.2, 0.25) is 0 Å². The fourth-order valence-corrected chi connectivity index (χ4v) is 12.2. The highest BCUT2D eigenvalue weighted by Crippen LogP contribution is 2.20. The van der Waals surface area contributed by atoms with Crippen LogP contribution in [0, 0.1) is 0 Å². The first-order chi connectivity index (χ1) is 43.6. The molecular weight excluding hydrogens is 1100 g/mol. The van der Waals surface area contributed by atoms with E-state index in [-0.39, 0.29) is 38.2 Å². The standard InChI is InChI=1S/C80H153NO8/c1-6-8-10-12-14-16-18-20-22-24-26-28-30-32-34-36-38-39-41-43-45-47-49-51-53-55-57-59-61-63-65-67-69-71-78(83)89-76(75-88-80(79(84)85)86-73-72-81(3,4)5)74-87-77(82)70-68-66-64-62-60-58-56-54-52-50-48-46-44-42-40-37-35-33-31-29-27-25-23-21-19-17-15-13-11-9-7-2/h18,20,24,26,76,80H,6-17,19,21-23,25,27-75H2,1-5H3/p+1/b20-18-,26-24-. The summed E-state index contributed by atoms with van der Waals surface area (Å²) in [6.07, 6.45) is 87.6. The van der Waals surface area contributed by atoms with Crippen molar-refractivity contribution in [1.82, 2.24) is 0 Å². The lowest BCUT2D eigenvalue weighted by atomic mass is 10.0. The van der Waals surface area contributed by atoms with E-state index in [1.165, 1.54) is 340 Å². The molecule has 0 aromatic rings. The molecular formula is C80H154NO8+. The summed E-state index contributed by atoms with van der Waals surface area (Å²) in [7, 11) is 6.00. The summed E-state index contributed by atoms with van der Waals surface area (Å²) in [5, 5.41) is 9.77. The minimum atomic E-state index is -1.51. The van der Waals surface area contributed by atoms with Crippen LogP contribution in [-0.4, -0.2) is 87.4 Å². The molecule has 0 amide bonds. The predicted molar refractivity (Wildman–Crippen MR) is 383 cm³/mol. The fraction of sp³-hybridized carbons (Fsp3) is 0.912. The van der Waals surface area contributed by atoms with Crippen LogP contribution in [0.5, 0.6) is 0 Å². The smallest absolute Gasteiger partial charge is 0.361 e. The zero-order valence-electron chi connectivity index (χ0n) is 60.4. The van der Waals surface area contributed by atoms with Crippen LogP contribution in [0.4, 0.5) is 0 Å². The molecule has 1 N–H and O–H groups in total. The van der Waals surface area contributed by atoms with E-state index in [0.717, 1.165) is 44.9 Å². The summed E-state index contributed by atoms with van der Waals surface area (Å²) in [4.78, 5) is 37.7. The number of carbonyl (C=O) groups excluding carboxylic acids is 2. The number of hydrogen-bond acceptors (Lipinski definition) is 7. The van der Waals surface area contributed by atoms with Crippen molar-refractivity contribution in [3.05, 3.63) is 24.3 Å². The number of aliphatic carboxylic acids is 1. The van der Waals surface area contributed by atoms with Gasteiger partial charge < -0.3 is 28.5 Å². The number of esters is 2. The Morgan fingerprint density at radius 3 is 0.888 bits per heavy atom. The van der Waals surface area contributed by atoms with Gasteiger partial charge in [0, 0.05) is 12.8 Å². The molecule has 526 valence electrons. The first kappa shape index (κ1) is 86.8. The minimum absolute atomic E-state index is 0.174. The van der Waals surface area contributed by atoms with Crippen LogP contribution in [0.15, 0.2) is 24.3 Å². The lowest BCUT2D eigenvalue weighted by Crippen LogP contribution is -2.40. The van der Waals surface area contributed by atoms with Crippen LogP contribution in [-0.2, 0) is 33.3 Å². The Kier molecular flexibility index (Phi) is 69.8. The van der Waals surface area contributed by atoms with E-state index >= 15 is 0 Å². The predicted octanol–water partition coefficient (Wildman–Crippen LogP) is 24.9. The Hall–Kier alpha value is -2.23. The highest BCUT2D eigenvalue weighted by molar-refractivity contribution is 5.71. The Morgan fingerprint density at radius 1 is 0.337 bits per heavy atom. The number of rotatable bonds is 75. The average Bonchev–Trinajstić information content (AvgIpc) is 3.64. The number of carboxylic acid groups (broad SMARTS) is 1. The number of unbranched alkanes of at least 4 members (excludes halogenated alkanes) is 56. The monoisotopic (exact) mass is 1260 g/mol. The highest BCUT2D eigenvalue weighted by atomic mass is 16.7. The molecule has 9 heteroatoms. The molecule has 0 aliphatic carbocycles. The van der Waals surface area contributed by atoms with Gasteiger partial charge in [0.25, 0.3) is 6.29 Å². The minimum Gasteiger partial charge on any atom is -0.477 e. The van der Waals surface area contributed by atoms with E-state index in [2.05, 4.69) is 38.2 Å². The first-order valence-corrected chi connectivity index (χ1v) is 39.5. The van der Waals surface area contributed by atoms with Gasteiger partial charge in [0.15, 0.2) is 6.10 Å². The largest absolute Gasteiger partial charge is 0.477 e. The lowest BCUT2D eigenvalue weighted by Gasteiger charge is -2.25. The molecule has 0 aliphatic heterocycles. The number of allylic oxidation sites excluding steroid dienone is 4. The van der Waals surface area contributed by atoms with E-state index in [4.69, 9.17) is 18.9 Å². The third kappa shape index (κ3) is 73.1. The Bertz CT molecular complexity index is 1510. The molecule has 2 atom stereocenters. The van der Waals surface area contributed by atoms with E-state index in [9.17, 15) is 19.5 Å². The summed E-state index contributed by atoms with van der Waals surface area (Å²) in [5.74, 6) is -1.97. The van der Waals surface area contributed by atoms with Gasteiger partial charge in [0.05, 0.1) is 34.4 Å². The van der Waals surface area contributed by atoms with Crippen molar-refractivity contribution < 1.29 is 42.9 Å². The van der Waals surface area contributed by atoms with Crippen LogP contribution in [0.1, 0.15) is 412 Å². The number of hydrogen-bond donors (Lipinski definition) is 1. The van der Waals surface area contributed by atoms with Crippen LogP contribution in [0.2, 0.25) is 0 Å². The molecule has 0 heterocycles. The van der Waals surface area contributed by atoms with Crippen LogP contribution in [0.3, 0.4) is 0 Å². The number of likely N-dealkylation sites (N-methyl/N-ethyl adjacent to an activating group) is 1. The van der Waals surface area contributed by atoms with Crippen LogP contribution in [0.25, 0.3) is 0 Å². The molecule has 0 spiro atoms. The summed E-state index contributed by atoms with van der Waals surface area (Å²) in [5.41, 5.74) is 0. The van der Waals surface area contributed by atoms with Crippen LogP contribution < -0.4 is 0 Å². The van der Waals surface area contributed by atoms with E-state index in [0.29, 0.717) is 17.4 Å². The van der Waals surface area contributed by atoms with E-state index in [1.54, 1.807) is 0 Å². The third-order valence-electron chi connectivity index (χ3n) is 18.2. The number of ether oxygens (including phenoxy) is 4. The Morgan fingerprint density at radius 2 is 0.607 bits per heavy atom. The second-order valence-corrected chi connectivity index (χ2v) is 28.4. The van der Waals surface area contributed by atoms with Crippen molar-refractivity contribution in [1.29, 1.82) is 0 Å².